The number of hydrogen-bond acceptors (Lipinski definition) is 5. The molecule has 1 atom stereocenters. The molecule has 0 fully saturated rings. The van der Waals surface area contributed by atoms with E-state index in [1.807, 2.05) is 24.3 Å². The molecule has 0 aliphatic carbocycles. The van der Waals surface area contributed by atoms with E-state index >= 15 is 0 Å². The van der Waals surface area contributed by atoms with Crippen LogP contribution in [0.1, 0.15) is 6.92 Å². The molecule has 0 bridgehead atoms. The Morgan fingerprint density at radius 3 is 2.77 bits per heavy atom. The third kappa shape index (κ3) is 3.06. The fourth-order valence-corrected chi connectivity index (χ4v) is 3.39. The van der Waals surface area contributed by atoms with Gasteiger partial charge in [0.05, 0.1) is 12.0 Å². The molecule has 0 aliphatic rings. The van der Waals surface area contributed by atoms with Crippen molar-refractivity contribution < 1.29 is 4.74 Å². The minimum absolute atomic E-state index is 0.168. The van der Waals surface area contributed by atoms with E-state index < -0.39 is 0 Å². The molecule has 0 saturated carbocycles. The lowest BCUT2D eigenvalue weighted by atomic mass is 10.1. The summed E-state index contributed by atoms with van der Waals surface area (Å²) in [6.45, 7) is 2.68. The van der Waals surface area contributed by atoms with Crippen LogP contribution in [-0.2, 0) is 4.74 Å². The van der Waals surface area contributed by atoms with E-state index in [-0.39, 0.29) is 6.04 Å². The standard InChI is InChI=1S/C16H16ClN3OS/c1-10(7-21-2)20-15-14-13(8-22-16(14)19-9-18-15)11-3-5-12(17)6-4-11/h3-6,8-10H,7H2,1-2H3,(H,18,19,20)/t10-/m0/s1. The molecule has 3 rings (SSSR count). The van der Waals surface area contributed by atoms with Gasteiger partial charge in [0.15, 0.2) is 0 Å². The van der Waals surface area contributed by atoms with E-state index in [0.717, 1.165) is 32.2 Å². The average molecular weight is 334 g/mol. The fourth-order valence-electron chi connectivity index (χ4n) is 2.35. The second-order valence-electron chi connectivity index (χ2n) is 5.06. The molecule has 114 valence electrons. The summed E-state index contributed by atoms with van der Waals surface area (Å²) in [5.41, 5.74) is 2.22. The van der Waals surface area contributed by atoms with Gasteiger partial charge in [-0.05, 0) is 24.6 Å². The molecule has 0 radical (unpaired) electrons. The number of anilines is 1. The molecule has 2 heterocycles. The summed E-state index contributed by atoms with van der Waals surface area (Å²) in [5, 5.41) is 7.27. The van der Waals surface area contributed by atoms with Gasteiger partial charge in [0.1, 0.15) is 17.0 Å². The predicted octanol–water partition coefficient (Wildman–Crippen LogP) is 4.46. The molecule has 4 nitrogen and oxygen atoms in total. The zero-order valence-electron chi connectivity index (χ0n) is 12.3. The summed E-state index contributed by atoms with van der Waals surface area (Å²) in [7, 11) is 1.69. The van der Waals surface area contributed by atoms with Crippen LogP contribution in [0.25, 0.3) is 21.3 Å². The topological polar surface area (TPSA) is 47.0 Å². The van der Waals surface area contributed by atoms with Crippen molar-refractivity contribution >= 4 is 39.0 Å². The largest absolute Gasteiger partial charge is 0.383 e. The Kier molecular flexibility index (Phi) is 4.57. The number of thiophene rings is 1. The number of nitrogens with one attached hydrogen (secondary N) is 1. The highest BCUT2D eigenvalue weighted by Crippen LogP contribution is 2.36. The smallest absolute Gasteiger partial charge is 0.139 e. The second kappa shape index (κ2) is 6.60. The summed E-state index contributed by atoms with van der Waals surface area (Å²) in [6.07, 6.45) is 1.59. The highest BCUT2D eigenvalue weighted by Gasteiger charge is 2.14. The summed E-state index contributed by atoms with van der Waals surface area (Å²) in [6, 6.07) is 7.98. The van der Waals surface area contributed by atoms with Gasteiger partial charge in [-0.3, -0.25) is 0 Å². The van der Waals surface area contributed by atoms with Crippen LogP contribution < -0.4 is 5.32 Å². The first-order valence-electron chi connectivity index (χ1n) is 6.92. The first-order valence-corrected chi connectivity index (χ1v) is 8.18. The van der Waals surface area contributed by atoms with E-state index in [1.165, 1.54) is 0 Å². The van der Waals surface area contributed by atoms with Gasteiger partial charge in [-0.15, -0.1) is 11.3 Å². The predicted molar refractivity (Wildman–Crippen MR) is 92.8 cm³/mol. The number of nitrogens with zero attached hydrogens (tertiary/aromatic N) is 2. The number of ether oxygens (including phenoxy) is 1. The molecule has 0 spiro atoms. The van der Waals surface area contributed by atoms with Gasteiger partial charge in [0.25, 0.3) is 0 Å². The Labute approximate surface area is 138 Å². The van der Waals surface area contributed by atoms with Gasteiger partial charge in [-0.2, -0.15) is 0 Å². The van der Waals surface area contributed by atoms with Gasteiger partial charge in [0.2, 0.25) is 0 Å². The van der Waals surface area contributed by atoms with Crippen LogP contribution in [0.3, 0.4) is 0 Å². The Hall–Kier alpha value is -1.69. The SMILES string of the molecule is COC[C@H](C)Nc1ncnc2scc(-c3ccc(Cl)cc3)c12. The Morgan fingerprint density at radius 1 is 1.27 bits per heavy atom. The minimum atomic E-state index is 0.168. The molecule has 3 aromatic rings. The zero-order chi connectivity index (χ0) is 15.5. The Morgan fingerprint density at radius 2 is 2.05 bits per heavy atom. The lowest BCUT2D eigenvalue weighted by molar-refractivity contribution is 0.190. The fraction of sp³-hybridized carbons (Fsp3) is 0.250. The number of rotatable bonds is 5. The molecule has 1 N–H and O–H groups in total. The number of aromatic nitrogens is 2. The van der Waals surface area contributed by atoms with Crippen LogP contribution in [0.15, 0.2) is 36.0 Å². The quantitative estimate of drug-likeness (QED) is 0.749. The lowest BCUT2D eigenvalue weighted by Gasteiger charge is -2.14. The van der Waals surface area contributed by atoms with Crippen molar-refractivity contribution in [2.24, 2.45) is 0 Å². The van der Waals surface area contributed by atoms with Crippen molar-refractivity contribution in [3.05, 3.63) is 41.0 Å². The van der Waals surface area contributed by atoms with Crippen LogP contribution in [-0.4, -0.2) is 29.7 Å². The van der Waals surface area contributed by atoms with Crippen LogP contribution in [0.4, 0.5) is 5.82 Å². The Balaban J connectivity index is 2.06. The Bertz CT molecular complexity index is 773. The number of fused-ring (bicyclic) bond motifs is 1. The second-order valence-corrected chi connectivity index (χ2v) is 6.35. The maximum Gasteiger partial charge on any atom is 0.139 e. The molecule has 1 aromatic carbocycles. The molecule has 0 aliphatic heterocycles. The number of halogens is 1. The normalized spacial score (nSPS) is 12.5. The van der Waals surface area contributed by atoms with Crippen molar-refractivity contribution in [1.29, 1.82) is 0 Å². The first-order chi connectivity index (χ1) is 10.7. The highest BCUT2D eigenvalue weighted by atomic mass is 35.5. The van der Waals surface area contributed by atoms with E-state index in [0.29, 0.717) is 6.61 Å². The van der Waals surface area contributed by atoms with Crippen LogP contribution >= 0.6 is 22.9 Å². The summed E-state index contributed by atoms with van der Waals surface area (Å²) < 4.78 is 5.18. The average Bonchev–Trinajstić information content (AvgIpc) is 2.93. The molecule has 22 heavy (non-hydrogen) atoms. The summed E-state index contributed by atoms with van der Waals surface area (Å²) in [5.74, 6) is 0.834. The van der Waals surface area contributed by atoms with Crippen molar-refractivity contribution in [2.75, 3.05) is 19.0 Å². The summed E-state index contributed by atoms with van der Waals surface area (Å²) >= 11 is 7.59. The molecule has 2 aromatic heterocycles. The maximum atomic E-state index is 5.98. The van der Waals surface area contributed by atoms with E-state index in [1.54, 1.807) is 24.8 Å². The maximum absolute atomic E-state index is 5.98. The third-order valence-electron chi connectivity index (χ3n) is 3.33. The van der Waals surface area contributed by atoms with Crippen molar-refractivity contribution in [3.8, 4) is 11.1 Å². The summed E-state index contributed by atoms with van der Waals surface area (Å²) in [4.78, 5) is 9.74. The van der Waals surface area contributed by atoms with Crippen molar-refractivity contribution in [1.82, 2.24) is 9.97 Å². The van der Waals surface area contributed by atoms with Crippen molar-refractivity contribution in [2.45, 2.75) is 13.0 Å². The van der Waals surface area contributed by atoms with Gasteiger partial charge in [0, 0.05) is 29.1 Å². The monoisotopic (exact) mass is 333 g/mol. The highest BCUT2D eigenvalue weighted by molar-refractivity contribution is 7.17. The van der Waals surface area contributed by atoms with Crippen molar-refractivity contribution in [3.63, 3.8) is 0 Å². The zero-order valence-corrected chi connectivity index (χ0v) is 13.9. The number of methoxy groups -OCH3 is 1. The van der Waals surface area contributed by atoms with E-state index in [4.69, 9.17) is 16.3 Å². The van der Waals surface area contributed by atoms with Gasteiger partial charge in [-0.25, -0.2) is 9.97 Å². The molecular weight excluding hydrogens is 318 g/mol. The molecule has 0 unspecified atom stereocenters. The van der Waals surface area contributed by atoms with Crippen LogP contribution in [0.2, 0.25) is 5.02 Å². The number of hydrogen-bond donors (Lipinski definition) is 1. The van der Waals surface area contributed by atoms with Gasteiger partial charge < -0.3 is 10.1 Å². The molecule has 0 amide bonds. The first kappa shape index (κ1) is 15.2. The minimum Gasteiger partial charge on any atom is -0.383 e. The number of benzene rings is 1. The van der Waals surface area contributed by atoms with Gasteiger partial charge in [-0.1, -0.05) is 23.7 Å². The molecule has 0 saturated heterocycles. The van der Waals surface area contributed by atoms with E-state index in [2.05, 4.69) is 27.6 Å². The van der Waals surface area contributed by atoms with E-state index in [9.17, 15) is 0 Å². The van der Waals surface area contributed by atoms with Crippen LogP contribution in [0.5, 0.6) is 0 Å². The molecule has 6 heteroatoms. The third-order valence-corrected chi connectivity index (χ3v) is 4.46. The van der Waals surface area contributed by atoms with Gasteiger partial charge >= 0.3 is 0 Å². The molecular formula is C16H16ClN3OS. The lowest BCUT2D eigenvalue weighted by Crippen LogP contribution is -2.21. The van der Waals surface area contributed by atoms with Crippen LogP contribution in [0, 0.1) is 0 Å².